The molecule has 0 unspecified atom stereocenters. The summed E-state index contributed by atoms with van der Waals surface area (Å²) >= 11 is 0. The first kappa shape index (κ1) is 8.94. The van der Waals surface area contributed by atoms with Crippen LogP contribution >= 0.6 is 0 Å². The molecular weight excluding hydrogens is 176 g/mol. The molecule has 0 saturated heterocycles. The van der Waals surface area contributed by atoms with Gasteiger partial charge in [0.15, 0.2) is 5.82 Å². The molecule has 3 nitrogen and oxygen atoms in total. The van der Waals surface area contributed by atoms with Crippen LogP contribution in [0.2, 0.25) is 0 Å². The molecule has 0 fully saturated rings. The van der Waals surface area contributed by atoms with Crippen molar-refractivity contribution in [3.8, 4) is 0 Å². The first-order chi connectivity index (χ1) is 6.74. The molecule has 0 radical (unpaired) electrons. The minimum Gasteiger partial charge on any atom is -0.339 e. The SMILES string of the molecule is Cc1cccc(Cc2nc(C)no2)c1. The first-order valence-electron chi connectivity index (χ1n) is 4.59. The van der Waals surface area contributed by atoms with E-state index in [4.69, 9.17) is 4.52 Å². The van der Waals surface area contributed by atoms with Crippen LogP contribution in [0, 0.1) is 13.8 Å². The van der Waals surface area contributed by atoms with Crippen molar-refractivity contribution in [2.75, 3.05) is 0 Å². The van der Waals surface area contributed by atoms with Crippen molar-refractivity contribution in [2.24, 2.45) is 0 Å². The Balaban J connectivity index is 2.18. The van der Waals surface area contributed by atoms with Crippen molar-refractivity contribution < 1.29 is 4.52 Å². The van der Waals surface area contributed by atoms with Gasteiger partial charge in [0.1, 0.15) is 0 Å². The molecule has 2 aromatic rings. The third-order valence-electron chi connectivity index (χ3n) is 2.01. The van der Waals surface area contributed by atoms with Gasteiger partial charge in [0.05, 0.1) is 6.42 Å². The summed E-state index contributed by atoms with van der Waals surface area (Å²) < 4.78 is 5.05. The molecule has 0 atom stereocenters. The molecule has 0 aliphatic heterocycles. The standard InChI is InChI=1S/C11H12N2O/c1-8-4-3-5-10(6-8)7-11-12-9(2)13-14-11/h3-6H,7H2,1-2H3. The lowest BCUT2D eigenvalue weighted by Gasteiger charge is -1.97. The van der Waals surface area contributed by atoms with Crippen LogP contribution in [0.1, 0.15) is 22.8 Å². The van der Waals surface area contributed by atoms with Crippen molar-refractivity contribution in [3.63, 3.8) is 0 Å². The summed E-state index contributed by atoms with van der Waals surface area (Å²) in [6.07, 6.45) is 0.711. The van der Waals surface area contributed by atoms with Crippen LogP contribution in [0.5, 0.6) is 0 Å². The molecule has 0 aliphatic rings. The van der Waals surface area contributed by atoms with Crippen LogP contribution in [-0.2, 0) is 6.42 Å². The molecule has 0 aliphatic carbocycles. The van der Waals surface area contributed by atoms with E-state index in [1.807, 2.05) is 13.0 Å². The van der Waals surface area contributed by atoms with E-state index in [1.54, 1.807) is 0 Å². The number of hydrogen-bond donors (Lipinski definition) is 0. The largest absolute Gasteiger partial charge is 0.339 e. The minimum absolute atomic E-state index is 0.674. The summed E-state index contributed by atoms with van der Waals surface area (Å²) in [6.45, 7) is 3.89. The smallest absolute Gasteiger partial charge is 0.231 e. The topological polar surface area (TPSA) is 38.9 Å². The Morgan fingerprint density at radius 1 is 1.29 bits per heavy atom. The maximum absolute atomic E-state index is 5.05. The number of benzene rings is 1. The van der Waals surface area contributed by atoms with Gasteiger partial charge in [-0.05, 0) is 19.4 Å². The highest BCUT2D eigenvalue weighted by molar-refractivity contribution is 5.24. The third kappa shape index (κ3) is 1.99. The predicted octanol–water partition coefficient (Wildman–Crippen LogP) is 2.28. The van der Waals surface area contributed by atoms with Gasteiger partial charge in [0.25, 0.3) is 0 Å². The predicted molar refractivity (Wildman–Crippen MR) is 53.0 cm³/mol. The maximum atomic E-state index is 5.05. The molecule has 3 heteroatoms. The van der Waals surface area contributed by atoms with Crippen LogP contribution < -0.4 is 0 Å². The third-order valence-corrected chi connectivity index (χ3v) is 2.01. The molecule has 1 heterocycles. The van der Waals surface area contributed by atoms with Crippen molar-refractivity contribution in [2.45, 2.75) is 20.3 Å². The molecular formula is C11H12N2O. The number of aromatic nitrogens is 2. The summed E-state index contributed by atoms with van der Waals surface area (Å²) in [5.41, 5.74) is 2.45. The molecule has 72 valence electrons. The van der Waals surface area contributed by atoms with Crippen LogP contribution in [0.25, 0.3) is 0 Å². The molecule has 0 bridgehead atoms. The fraction of sp³-hybridized carbons (Fsp3) is 0.273. The minimum atomic E-state index is 0.674. The van der Waals surface area contributed by atoms with E-state index >= 15 is 0 Å². The fourth-order valence-electron chi connectivity index (χ4n) is 1.41. The molecule has 0 spiro atoms. The lowest BCUT2D eigenvalue weighted by molar-refractivity contribution is 0.381. The molecule has 2 rings (SSSR count). The highest BCUT2D eigenvalue weighted by atomic mass is 16.5. The van der Waals surface area contributed by atoms with Gasteiger partial charge in [0.2, 0.25) is 5.89 Å². The van der Waals surface area contributed by atoms with E-state index in [0.29, 0.717) is 18.1 Å². The van der Waals surface area contributed by atoms with E-state index in [2.05, 4.69) is 35.3 Å². The van der Waals surface area contributed by atoms with Gasteiger partial charge in [-0.3, -0.25) is 0 Å². The second-order valence-corrected chi connectivity index (χ2v) is 3.40. The maximum Gasteiger partial charge on any atom is 0.231 e. The molecule has 14 heavy (non-hydrogen) atoms. The summed E-state index contributed by atoms with van der Waals surface area (Å²) in [4.78, 5) is 4.16. The van der Waals surface area contributed by atoms with Crippen molar-refractivity contribution >= 4 is 0 Å². The number of hydrogen-bond acceptors (Lipinski definition) is 3. The monoisotopic (exact) mass is 188 g/mol. The zero-order valence-electron chi connectivity index (χ0n) is 8.32. The normalized spacial score (nSPS) is 10.4. The molecule has 0 N–H and O–H groups in total. The van der Waals surface area contributed by atoms with Gasteiger partial charge < -0.3 is 4.52 Å². The van der Waals surface area contributed by atoms with Crippen LogP contribution in [0.3, 0.4) is 0 Å². The number of rotatable bonds is 2. The van der Waals surface area contributed by atoms with E-state index in [9.17, 15) is 0 Å². The van der Waals surface area contributed by atoms with Crippen LogP contribution in [-0.4, -0.2) is 10.1 Å². The van der Waals surface area contributed by atoms with Gasteiger partial charge in [-0.25, -0.2) is 0 Å². The first-order valence-corrected chi connectivity index (χ1v) is 4.59. The van der Waals surface area contributed by atoms with Gasteiger partial charge in [-0.2, -0.15) is 4.98 Å². The average Bonchev–Trinajstić information content (AvgIpc) is 2.51. The second kappa shape index (κ2) is 3.62. The summed E-state index contributed by atoms with van der Waals surface area (Å²) in [6, 6.07) is 8.29. The van der Waals surface area contributed by atoms with Gasteiger partial charge in [-0.15, -0.1) is 0 Å². The Morgan fingerprint density at radius 2 is 2.14 bits per heavy atom. The van der Waals surface area contributed by atoms with E-state index in [1.165, 1.54) is 11.1 Å². The van der Waals surface area contributed by atoms with E-state index in [-0.39, 0.29) is 0 Å². The number of nitrogens with zero attached hydrogens (tertiary/aromatic N) is 2. The van der Waals surface area contributed by atoms with E-state index < -0.39 is 0 Å². The fourth-order valence-corrected chi connectivity index (χ4v) is 1.41. The van der Waals surface area contributed by atoms with Crippen LogP contribution in [0.15, 0.2) is 28.8 Å². The lowest BCUT2D eigenvalue weighted by atomic mass is 10.1. The molecule has 0 amide bonds. The summed E-state index contributed by atoms with van der Waals surface area (Å²) in [7, 11) is 0. The molecule has 1 aromatic heterocycles. The zero-order chi connectivity index (χ0) is 9.97. The lowest BCUT2D eigenvalue weighted by Crippen LogP contribution is -1.88. The summed E-state index contributed by atoms with van der Waals surface area (Å²) in [5, 5.41) is 3.75. The second-order valence-electron chi connectivity index (χ2n) is 3.40. The Kier molecular flexibility index (Phi) is 2.31. The Labute approximate surface area is 82.8 Å². The molecule has 0 saturated carbocycles. The highest BCUT2D eigenvalue weighted by Gasteiger charge is 2.03. The van der Waals surface area contributed by atoms with Gasteiger partial charge in [0, 0.05) is 0 Å². The summed E-state index contributed by atoms with van der Waals surface area (Å²) in [5.74, 6) is 1.36. The Bertz CT molecular complexity index is 434. The van der Waals surface area contributed by atoms with Gasteiger partial charge in [-0.1, -0.05) is 35.0 Å². The Morgan fingerprint density at radius 3 is 2.79 bits per heavy atom. The highest BCUT2D eigenvalue weighted by Crippen LogP contribution is 2.09. The van der Waals surface area contributed by atoms with Crippen molar-refractivity contribution in [1.29, 1.82) is 0 Å². The molecule has 1 aromatic carbocycles. The van der Waals surface area contributed by atoms with Crippen LogP contribution in [0.4, 0.5) is 0 Å². The quantitative estimate of drug-likeness (QED) is 0.725. The van der Waals surface area contributed by atoms with Crippen molar-refractivity contribution in [3.05, 3.63) is 47.1 Å². The zero-order valence-corrected chi connectivity index (χ0v) is 8.32. The Hall–Kier alpha value is -1.64. The van der Waals surface area contributed by atoms with Gasteiger partial charge >= 0.3 is 0 Å². The van der Waals surface area contributed by atoms with Crippen molar-refractivity contribution in [1.82, 2.24) is 10.1 Å². The average molecular weight is 188 g/mol. The van der Waals surface area contributed by atoms with E-state index in [0.717, 1.165) is 0 Å². The number of aryl methyl sites for hydroxylation is 2.